The highest BCUT2D eigenvalue weighted by atomic mass is 15.4. The largest absolute Gasteiger partial charge is 0.328 e. The molecule has 0 aromatic carbocycles. The van der Waals surface area contributed by atoms with Crippen LogP contribution in [-0.2, 0) is 0 Å². The third kappa shape index (κ3) is 0.611. The van der Waals surface area contributed by atoms with Crippen molar-refractivity contribution in [1.82, 2.24) is 4.90 Å². The zero-order chi connectivity index (χ0) is 7.64. The van der Waals surface area contributed by atoms with Crippen molar-refractivity contribution < 1.29 is 0 Å². The van der Waals surface area contributed by atoms with Gasteiger partial charge >= 0.3 is 0 Å². The summed E-state index contributed by atoms with van der Waals surface area (Å²) >= 11 is 0. The molecule has 3 saturated heterocycles. The van der Waals surface area contributed by atoms with Gasteiger partial charge in [0, 0.05) is 23.7 Å². The van der Waals surface area contributed by atoms with E-state index in [9.17, 15) is 0 Å². The lowest BCUT2D eigenvalue weighted by Crippen LogP contribution is -2.80. The quantitative estimate of drug-likeness (QED) is 0.554. The van der Waals surface area contributed by atoms with E-state index < -0.39 is 0 Å². The standard InChI is InChI=1S/C9H16N2/c1-9-4-7-2-6(10)3-8(5-9)11(7)9/h6-8H,2-5,10H2,1H3/t6?,7-,8?,9?/m0/s1. The summed E-state index contributed by atoms with van der Waals surface area (Å²) in [7, 11) is 0. The number of hydrogen-bond donors (Lipinski definition) is 1. The number of nitrogens with two attached hydrogens (primary N) is 1. The third-order valence-electron chi connectivity index (χ3n) is 3.91. The number of nitrogens with zero attached hydrogens (tertiary/aromatic N) is 1. The molecule has 0 aromatic rings. The summed E-state index contributed by atoms with van der Waals surface area (Å²) in [6.45, 7) is 2.40. The van der Waals surface area contributed by atoms with Gasteiger partial charge in [0.1, 0.15) is 0 Å². The van der Waals surface area contributed by atoms with Crippen LogP contribution in [0.5, 0.6) is 0 Å². The number of rotatable bonds is 0. The van der Waals surface area contributed by atoms with E-state index >= 15 is 0 Å². The second-order valence-corrected chi connectivity index (χ2v) is 4.85. The molecule has 2 N–H and O–H groups in total. The Morgan fingerprint density at radius 3 is 2.27 bits per heavy atom. The molecule has 0 amide bonds. The summed E-state index contributed by atoms with van der Waals surface area (Å²) in [5.41, 5.74) is 6.57. The maximum atomic E-state index is 5.95. The first-order valence-corrected chi connectivity index (χ1v) is 4.73. The van der Waals surface area contributed by atoms with E-state index in [1.54, 1.807) is 0 Å². The molecular formula is C9H16N2. The second-order valence-electron chi connectivity index (χ2n) is 4.85. The fourth-order valence-corrected chi connectivity index (χ4v) is 3.65. The molecule has 3 aliphatic rings. The molecule has 3 fully saturated rings. The molecule has 0 aromatic heterocycles. The highest BCUT2D eigenvalue weighted by molar-refractivity contribution is 5.18. The van der Waals surface area contributed by atoms with Crippen molar-refractivity contribution in [1.29, 1.82) is 0 Å². The van der Waals surface area contributed by atoms with Gasteiger partial charge in [0.05, 0.1) is 0 Å². The first-order valence-electron chi connectivity index (χ1n) is 4.73. The third-order valence-corrected chi connectivity index (χ3v) is 3.91. The van der Waals surface area contributed by atoms with Gasteiger partial charge in [-0.05, 0) is 32.6 Å². The normalized spacial score (nSPS) is 61.1. The molecule has 2 nitrogen and oxygen atoms in total. The van der Waals surface area contributed by atoms with Crippen LogP contribution < -0.4 is 5.73 Å². The van der Waals surface area contributed by atoms with Crippen LogP contribution in [-0.4, -0.2) is 28.6 Å². The van der Waals surface area contributed by atoms with Gasteiger partial charge in [-0.25, -0.2) is 0 Å². The zero-order valence-electron chi connectivity index (χ0n) is 7.09. The van der Waals surface area contributed by atoms with Gasteiger partial charge in [0.15, 0.2) is 0 Å². The van der Waals surface area contributed by atoms with Crippen LogP contribution in [0.1, 0.15) is 32.6 Å². The Hall–Kier alpha value is -0.0800. The summed E-state index contributed by atoms with van der Waals surface area (Å²) in [4.78, 5) is 2.70. The van der Waals surface area contributed by atoms with E-state index in [2.05, 4.69) is 11.8 Å². The summed E-state index contributed by atoms with van der Waals surface area (Å²) in [6, 6.07) is 2.23. The van der Waals surface area contributed by atoms with E-state index in [0.717, 1.165) is 12.1 Å². The molecule has 11 heavy (non-hydrogen) atoms. The Morgan fingerprint density at radius 2 is 1.82 bits per heavy atom. The Morgan fingerprint density at radius 1 is 1.27 bits per heavy atom. The fourth-order valence-electron chi connectivity index (χ4n) is 3.65. The van der Waals surface area contributed by atoms with Crippen molar-refractivity contribution in [3.63, 3.8) is 0 Å². The molecule has 0 aliphatic carbocycles. The molecule has 0 radical (unpaired) electrons. The lowest BCUT2D eigenvalue weighted by molar-refractivity contribution is -0.211. The van der Waals surface area contributed by atoms with Crippen molar-refractivity contribution in [3.8, 4) is 0 Å². The molecule has 3 rings (SSSR count). The SMILES string of the molecule is CC12CC3CC(N)C[C@@H](C1)N32. The van der Waals surface area contributed by atoms with Gasteiger partial charge in [-0.1, -0.05) is 0 Å². The lowest BCUT2D eigenvalue weighted by Gasteiger charge is -2.72. The van der Waals surface area contributed by atoms with Crippen LogP contribution in [0.25, 0.3) is 0 Å². The van der Waals surface area contributed by atoms with Crippen LogP contribution in [0.4, 0.5) is 0 Å². The summed E-state index contributed by atoms with van der Waals surface area (Å²) in [6.07, 6.45) is 5.34. The molecule has 0 spiro atoms. The first kappa shape index (κ1) is 6.44. The zero-order valence-corrected chi connectivity index (χ0v) is 7.09. The smallest absolute Gasteiger partial charge is 0.0217 e. The minimum absolute atomic E-state index is 0.506. The van der Waals surface area contributed by atoms with Gasteiger partial charge in [-0.3, -0.25) is 4.90 Å². The van der Waals surface area contributed by atoms with Crippen LogP contribution >= 0.6 is 0 Å². The summed E-state index contributed by atoms with van der Waals surface area (Å²) in [5.74, 6) is 0. The van der Waals surface area contributed by atoms with E-state index in [4.69, 9.17) is 5.73 Å². The Kier molecular flexibility index (Phi) is 0.961. The van der Waals surface area contributed by atoms with Crippen molar-refractivity contribution >= 4 is 0 Å². The van der Waals surface area contributed by atoms with Crippen molar-refractivity contribution in [3.05, 3.63) is 0 Å². The second kappa shape index (κ2) is 1.64. The average Bonchev–Trinajstić information content (AvgIpc) is 1.81. The van der Waals surface area contributed by atoms with Gasteiger partial charge < -0.3 is 5.73 Å². The van der Waals surface area contributed by atoms with E-state index in [-0.39, 0.29) is 0 Å². The van der Waals surface area contributed by atoms with Gasteiger partial charge in [0.2, 0.25) is 0 Å². The molecule has 3 heterocycles. The van der Waals surface area contributed by atoms with E-state index in [0.29, 0.717) is 11.6 Å². The van der Waals surface area contributed by atoms with Gasteiger partial charge in [-0.2, -0.15) is 0 Å². The molecule has 3 unspecified atom stereocenters. The molecule has 62 valence electrons. The minimum atomic E-state index is 0.506. The monoisotopic (exact) mass is 152 g/mol. The highest BCUT2D eigenvalue weighted by Gasteiger charge is 2.61. The lowest BCUT2D eigenvalue weighted by atomic mass is 9.60. The highest BCUT2D eigenvalue weighted by Crippen LogP contribution is 2.55. The average molecular weight is 152 g/mol. The van der Waals surface area contributed by atoms with Crippen molar-refractivity contribution in [2.75, 3.05) is 0 Å². The summed E-state index contributed by atoms with van der Waals surface area (Å²) in [5, 5.41) is 0. The van der Waals surface area contributed by atoms with Gasteiger partial charge in [-0.15, -0.1) is 0 Å². The molecule has 2 heteroatoms. The Labute approximate surface area is 67.7 Å². The summed E-state index contributed by atoms with van der Waals surface area (Å²) < 4.78 is 0. The van der Waals surface area contributed by atoms with Crippen LogP contribution in [0.2, 0.25) is 0 Å². The van der Waals surface area contributed by atoms with E-state index in [1.807, 2.05) is 0 Å². The first-order chi connectivity index (χ1) is 5.19. The minimum Gasteiger partial charge on any atom is -0.328 e. The topological polar surface area (TPSA) is 29.3 Å². The predicted molar refractivity (Wildman–Crippen MR) is 44.3 cm³/mol. The Bertz CT molecular complexity index is 182. The molecule has 0 bridgehead atoms. The molecule has 0 saturated carbocycles. The fraction of sp³-hybridized carbons (Fsp3) is 1.00. The maximum absolute atomic E-state index is 5.95. The molecular weight excluding hydrogens is 136 g/mol. The van der Waals surface area contributed by atoms with Crippen LogP contribution in [0, 0.1) is 0 Å². The van der Waals surface area contributed by atoms with Crippen LogP contribution in [0.15, 0.2) is 0 Å². The molecule has 4 atom stereocenters. The predicted octanol–water partition coefficient (Wildman–Crippen LogP) is 0.713. The van der Waals surface area contributed by atoms with Crippen molar-refractivity contribution in [2.24, 2.45) is 5.73 Å². The van der Waals surface area contributed by atoms with Crippen molar-refractivity contribution in [2.45, 2.75) is 56.3 Å². The van der Waals surface area contributed by atoms with Crippen LogP contribution in [0.3, 0.4) is 0 Å². The maximum Gasteiger partial charge on any atom is 0.0217 e. The number of hydrogen-bond acceptors (Lipinski definition) is 2. The Balaban J connectivity index is 1.82. The number of piperidine rings is 2. The van der Waals surface area contributed by atoms with Gasteiger partial charge in [0.25, 0.3) is 0 Å². The molecule has 3 aliphatic heterocycles. The van der Waals surface area contributed by atoms with E-state index in [1.165, 1.54) is 25.7 Å².